The molecule has 11 rings (SSSR count). The third-order valence-electron chi connectivity index (χ3n) is 14.5. The maximum absolute atomic E-state index is 2.66. The summed E-state index contributed by atoms with van der Waals surface area (Å²) < 4.78 is 0. The maximum atomic E-state index is 2.66. The molecule has 0 amide bonds. The van der Waals surface area contributed by atoms with Crippen molar-refractivity contribution >= 4 is 57.2 Å². The van der Waals surface area contributed by atoms with Crippen molar-refractivity contribution < 1.29 is 0 Å². The molecule has 0 bridgehead atoms. The molecule has 284 valence electrons. The van der Waals surface area contributed by atoms with Gasteiger partial charge in [0.2, 0.25) is 6.71 Å². The molecule has 0 fully saturated rings. The highest BCUT2D eigenvalue weighted by Gasteiger charge is 2.50. The van der Waals surface area contributed by atoms with E-state index in [1.54, 1.807) is 0 Å². The number of rotatable bonds is 4. The van der Waals surface area contributed by atoms with Crippen molar-refractivity contribution in [3.63, 3.8) is 0 Å². The summed E-state index contributed by atoms with van der Waals surface area (Å²) in [5.74, 6) is 0. The molecule has 0 saturated heterocycles. The predicted molar refractivity (Wildman–Crippen MR) is 247 cm³/mol. The van der Waals surface area contributed by atoms with Crippen LogP contribution in [0.25, 0.3) is 11.1 Å². The van der Waals surface area contributed by atoms with Crippen molar-refractivity contribution in [1.29, 1.82) is 0 Å². The molecule has 7 aromatic carbocycles. The molecule has 2 nitrogen and oxygen atoms in total. The minimum atomic E-state index is -0.215. The molecule has 2 aliphatic heterocycles. The Morgan fingerprint density at radius 3 is 1.66 bits per heavy atom. The van der Waals surface area contributed by atoms with Crippen LogP contribution in [0.5, 0.6) is 0 Å². The Labute approximate surface area is 345 Å². The van der Waals surface area contributed by atoms with Gasteiger partial charge in [-0.05, 0) is 133 Å². The monoisotopic (exact) mass is 750 g/mol. The highest BCUT2D eigenvalue weighted by atomic mass is 15.2. The average Bonchev–Trinajstić information content (AvgIpc) is 3.55. The van der Waals surface area contributed by atoms with Crippen LogP contribution in [0, 0.1) is 0 Å². The third-order valence-corrected chi connectivity index (χ3v) is 14.5. The van der Waals surface area contributed by atoms with E-state index in [2.05, 4.69) is 217 Å². The highest BCUT2D eigenvalue weighted by molar-refractivity contribution is 6.99. The van der Waals surface area contributed by atoms with E-state index in [0.717, 1.165) is 17.8 Å². The van der Waals surface area contributed by atoms with E-state index in [9.17, 15) is 0 Å². The van der Waals surface area contributed by atoms with Crippen molar-refractivity contribution in [2.24, 2.45) is 0 Å². The van der Waals surface area contributed by atoms with Crippen LogP contribution in [0.15, 0.2) is 152 Å². The molecule has 0 N–H and O–H groups in total. The van der Waals surface area contributed by atoms with Gasteiger partial charge in [-0.1, -0.05) is 152 Å². The SMILES string of the molecule is CC1(C)CC(C)(C)c2cc3c(cc21)B1c2cc4c(cc2N(c2ccccc2)c2cccc(c21)C3(C)C)-c1ccc(N(c2ccccc2)c2ccccc2)cc1C4(C)C. The van der Waals surface area contributed by atoms with Gasteiger partial charge in [-0.15, -0.1) is 0 Å². The molecule has 0 spiro atoms. The molecule has 0 radical (unpaired) electrons. The number of hydrogen-bond donors (Lipinski definition) is 0. The van der Waals surface area contributed by atoms with Crippen LogP contribution in [-0.2, 0) is 21.7 Å². The van der Waals surface area contributed by atoms with Crippen molar-refractivity contribution in [2.75, 3.05) is 9.80 Å². The van der Waals surface area contributed by atoms with E-state index < -0.39 is 0 Å². The Bertz CT molecular complexity index is 2770. The summed E-state index contributed by atoms with van der Waals surface area (Å²) in [5, 5.41) is 0. The van der Waals surface area contributed by atoms with Crippen molar-refractivity contribution in [3.05, 3.63) is 185 Å². The molecule has 0 aromatic heterocycles. The Kier molecular flexibility index (Phi) is 7.25. The summed E-state index contributed by atoms with van der Waals surface area (Å²) in [6.07, 6.45) is 1.16. The first-order chi connectivity index (χ1) is 27.8. The lowest BCUT2D eigenvalue weighted by Crippen LogP contribution is -2.64. The van der Waals surface area contributed by atoms with Gasteiger partial charge in [0, 0.05) is 45.0 Å². The van der Waals surface area contributed by atoms with Crippen molar-refractivity contribution in [2.45, 2.75) is 83.5 Å². The van der Waals surface area contributed by atoms with Gasteiger partial charge in [-0.3, -0.25) is 0 Å². The number of fused-ring (bicyclic) bond motifs is 8. The normalized spacial score (nSPS) is 17.7. The van der Waals surface area contributed by atoms with Crippen LogP contribution < -0.4 is 26.2 Å². The molecule has 58 heavy (non-hydrogen) atoms. The molecular formula is C55H51BN2. The fraction of sp³-hybridized carbons (Fsp3) is 0.236. The molecule has 0 atom stereocenters. The number of benzene rings is 7. The average molecular weight is 751 g/mol. The summed E-state index contributed by atoms with van der Waals surface area (Å²) in [6.45, 7) is 19.8. The lowest BCUT2D eigenvalue weighted by Gasteiger charge is -2.46. The number of anilines is 6. The molecule has 2 heterocycles. The van der Waals surface area contributed by atoms with E-state index in [4.69, 9.17) is 0 Å². The fourth-order valence-corrected chi connectivity index (χ4v) is 12.0. The lowest BCUT2D eigenvalue weighted by atomic mass is 9.29. The zero-order valence-corrected chi connectivity index (χ0v) is 35.1. The van der Waals surface area contributed by atoms with Crippen LogP contribution in [0.2, 0.25) is 0 Å². The van der Waals surface area contributed by atoms with E-state index in [1.807, 2.05) is 0 Å². The first kappa shape index (κ1) is 35.4. The summed E-state index contributed by atoms with van der Waals surface area (Å²) in [7, 11) is 0. The molecule has 3 heteroatoms. The molecule has 0 unspecified atom stereocenters. The van der Waals surface area contributed by atoms with Gasteiger partial charge < -0.3 is 9.80 Å². The highest BCUT2D eigenvalue weighted by Crippen LogP contribution is 2.54. The summed E-state index contributed by atoms with van der Waals surface area (Å²) in [5.41, 5.74) is 22.9. The topological polar surface area (TPSA) is 6.48 Å². The zero-order chi connectivity index (χ0) is 39.9. The summed E-state index contributed by atoms with van der Waals surface area (Å²) >= 11 is 0. The fourth-order valence-electron chi connectivity index (χ4n) is 12.0. The minimum Gasteiger partial charge on any atom is -0.311 e. The smallest absolute Gasteiger partial charge is 0.247 e. The van der Waals surface area contributed by atoms with Gasteiger partial charge in [0.05, 0.1) is 0 Å². The van der Waals surface area contributed by atoms with E-state index in [1.165, 1.54) is 83.6 Å². The summed E-state index contributed by atoms with van der Waals surface area (Å²) in [4.78, 5) is 4.96. The second kappa shape index (κ2) is 11.9. The zero-order valence-electron chi connectivity index (χ0n) is 35.1. The molecule has 0 saturated carbocycles. The second-order valence-corrected chi connectivity index (χ2v) is 19.7. The Morgan fingerprint density at radius 2 is 1.00 bits per heavy atom. The predicted octanol–water partition coefficient (Wildman–Crippen LogP) is 12.4. The van der Waals surface area contributed by atoms with Gasteiger partial charge >= 0.3 is 0 Å². The second-order valence-electron chi connectivity index (χ2n) is 19.7. The first-order valence-corrected chi connectivity index (χ1v) is 21.2. The van der Waals surface area contributed by atoms with Crippen molar-refractivity contribution in [3.8, 4) is 11.1 Å². The van der Waals surface area contributed by atoms with Gasteiger partial charge in [0.1, 0.15) is 0 Å². The van der Waals surface area contributed by atoms with Gasteiger partial charge in [0.15, 0.2) is 0 Å². The summed E-state index contributed by atoms with van der Waals surface area (Å²) in [6, 6.07) is 57.3. The van der Waals surface area contributed by atoms with Gasteiger partial charge in [-0.2, -0.15) is 0 Å². The minimum absolute atomic E-state index is 0.109. The van der Waals surface area contributed by atoms with Crippen LogP contribution >= 0.6 is 0 Å². The van der Waals surface area contributed by atoms with Gasteiger partial charge in [0.25, 0.3) is 0 Å². The standard InChI is InChI=1S/C55H51BN2/c1-52(2)34-53(3,4)45-33-47-46(31-44(45)52)54(5,6)41-25-18-26-49-51(41)56(47)48-32-43-40(30-50(48)58(49)37-23-16-11-17-24-37)39-28-27-38(29-42(39)55(43,7)8)57(35-19-12-9-13-20-35)36-21-14-10-15-22-36/h9-33H,34H2,1-8H3. The Balaban J connectivity index is 1.16. The lowest BCUT2D eigenvalue weighted by molar-refractivity contribution is 0.403. The molecule has 2 aliphatic carbocycles. The van der Waals surface area contributed by atoms with Crippen LogP contribution in [0.3, 0.4) is 0 Å². The van der Waals surface area contributed by atoms with E-state index >= 15 is 0 Å². The number of para-hydroxylation sites is 3. The quantitative estimate of drug-likeness (QED) is 0.165. The maximum Gasteiger partial charge on any atom is 0.247 e. The molecule has 4 aliphatic rings. The van der Waals surface area contributed by atoms with Crippen LogP contribution in [0.1, 0.15) is 95.2 Å². The number of nitrogens with zero attached hydrogens (tertiary/aromatic N) is 2. The Hall–Kier alpha value is -5.80. The largest absolute Gasteiger partial charge is 0.311 e. The van der Waals surface area contributed by atoms with Gasteiger partial charge in [-0.25, -0.2) is 0 Å². The Morgan fingerprint density at radius 1 is 0.431 bits per heavy atom. The van der Waals surface area contributed by atoms with Crippen LogP contribution in [-0.4, -0.2) is 6.71 Å². The molecular weight excluding hydrogens is 699 g/mol. The molecule has 7 aromatic rings. The first-order valence-electron chi connectivity index (χ1n) is 21.2. The third kappa shape index (κ3) is 4.80. The van der Waals surface area contributed by atoms with Crippen molar-refractivity contribution in [1.82, 2.24) is 0 Å². The number of hydrogen-bond acceptors (Lipinski definition) is 2. The van der Waals surface area contributed by atoms with Crippen LogP contribution in [0.4, 0.5) is 34.1 Å². The van der Waals surface area contributed by atoms with E-state index in [0.29, 0.717) is 0 Å². The van der Waals surface area contributed by atoms with E-state index in [-0.39, 0.29) is 28.4 Å².